The van der Waals surface area contributed by atoms with Crippen molar-refractivity contribution in [2.75, 3.05) is 0 Å². The van der Waals surface area contributed by atoms with E-state index < -0.39 is 6.04 Å². The van der Waals surface area contributed by atoms with Crippen molar-refractivity contribution in [3.63, 3.8) is 0 Å². The highest BCUT2D eigenvalue weighted by molar-refractivity contribution is 9.10. The Morgan fingerprint density at radius 2 is 2.25 bits per heavy atom. The first-order chi connectivity index (χ1) is 5.65. The molecule has 1 aromatic rings. The maximum Gasteiger partial charge on any atom is 0.129 e. The molecule has 0 bridgehead atoms. The number of hydroxylamine groups is 1. The minimum atomic E-state index is -0.391. The molecule has 1 rings (SSSR count). The van der Waals surface area contributed by atoms with E-state index in [0.29, 0.717) is 10.0 Å². The predicted molar refractivity (Wildman–Crippen MR) is 47.4 cm³/mol. The van der Waals surface area contributed by atoms with E-state index in [4.69, 9.17) is 5.21 Å². The molecule has 0 aliphatic carbocycles. The van der Waals surface area contributed by atoms with E-state index in [-0.39, 0.29) is 5.82 Å². The van der Waals surface area contributed by atoms with Gasteiger partial charge in [0.1, 0.15) is 5.82 Å². The average Bonchev–Trinajstić information content (AvgIpc) is 2.03. The highest BCUT2D eigenvalue weighted by Gasteiger charge is 2.08. The third kappa shape index (κ3) is 2.03. The number of hydrogen-bond donors (Lipinski definition) is 2. The van der Waals surface area contributed by atoms with Crippen molar-refractivity contribution >= 4 is 15.9 Å². The van der Waals surface area contributed by atoms with Gasteiger partial charge in [-0.05, 0) is 19.1 Å². The molecular weight excluding hydrogens is 225 g/mol. The summed E-state index contributed by atoms with van der Waals surface area (Å²) in [6.07, 6.45) is 0. The molecule has 2 nitrogen and oxygen atoms in total. The fourth-order valence-electron chi connectivity index (χ4n) is 0.922. The van der Waals surface area contributed by atoms with Gasteiger partial charge in [0.2, 0.25) is 0 Å². The lowest BCUT2D eigenvalue weighted by atomic mass is 10.1. The average molecular weight is 234 g/mol. The lowest BCUT2D eigenvalue weighted by Gasteiger charge is -2.09. The Morgan fingerprint density at radius 3 is 2.75 bits per heavy atom. The monoisotopic (exact) mass is 233 g/mol. The molecule has 4 heteroatoms. The Bertz CT molecular complexity index is 280. The molecular formula is C8H9BrFNO. The van der Waals surface area contributed by atoms with Gasteiger partial charge in [0, 0.05) is 10.0 Å². The topological polar surface area (TPSA) is 32.3 Å². The van der Waals surface area contributed by atoms with E-state index in [9.17, 15) is 4.39 Å². The van der Waals surface area contributed by atoms with Gasteiger partial charge in [-0.25, -0.2) is 4.39 Å². The Labute approximate surface area is 78.5 Å². The molecule has 0 saturated carbocycles. The Balaban J connectivity index is 3.01. The Hall–Kier alpha value is -0.450. The number of halogens is 2. The first kappa shape index (κ1) is 9.64. The van der Waals surface area contributed by atoms with Gasteiger partial charge in [-0.2, -0.15) is 5.48 Å². The van der Waals surface area contributed by atoms with E-state index in [2.05, 4.69) is 15.9 Å². The normalized spacial score (nSPS) is 13.0. The summed E-state index contributed by atoms with van der Waals surface area (Å²) in [5.41, 5.74) is 2.43. The summed E-state index contributed by atoms with van der Waals surface area (Å²) in [5.74, 6) is -0.335. The van der Waals surface area contributed by atoms with E-state index in [1.165, 1.54) is 6.07 Å². The van der Waals surface area contributed by atoms with Gasteiger partial charge < -0.3 is 5.21 Å². The molecule has 0 radical (unpaired) electrons. The maximum atomic E-state index is 13.1. The molecule has 0 heterocycles. The van der Waals surface area contributed by atoms with Crippen molar-refractivity contribution in [1.82, 2.24) is 5.48 Å². The molecule has 1 unspecified atom stereocenters. The van der Waals surface area contributed by atoms with E-state index >= 15 is 0 Å². The maximum absolute atomic E-state index is 13.1. The van der Waals surface area contributed by atoms with Gasteiger partial charge in [-0.3, -0.25) is 0 Å². The molecule has 2 N–H and O–H groups in total. The molecule has 0 fully saturated rings. The van der Waals surface area contributed by atoms with Gasteiger partial charge in [-0.15, -0.1) is 0 Å². The van der Waals surface area contributed by atoms with E-state index in [1.807, 2.05) is 5.48 Å². The summed E-state index contributed by atoms with van der Waals surface area (Å²) in [5, 5.41) is 8.55. The van der Waals surface area contributed by atoms with Crippen molar-refractivity contribution in [3.05, 3.63) is 34.1 Å². The fraction of sp³-hybridized carbons (Fsp3) is 0.250. The second kappa shape index (κ2) is 3.98. The molecule has 1 atom stereocenters. The summed E-state index contributed by atoms with van der Waals surface area (Å²) >= 11 is 3.14. The van der Waals surface area contributed by atoms with Crippen LogP contribution in [0, 0.1) is 5.82 Å². The second-order valence-electron chi connectivity index (χ2n) is 2.52. The summed E-state index contributed by atoms with van der Waals surface area (Å²) in [6, 6.07) is 4.32. The van der Waals surface area contributed by atoms with E-state index in [0.717, 1.165) is 0 Å². The molecule has 12 heavy (non-hydrogen) atoms. The summed E-state index contributed by atoms with van der Waals surface area (Å²) in [6.45, 7) is 1.67. The van der Waals surface area contributed by atoms with Crippen LogP contribution in [0.15, 0.2) is 22.7 Å². The van der Waals surface area contributed by atoms with Crippen LogP contribution in [-0.2, 0) is 0 Å². The van der Waals surface area contributed by atoms with Crippen molar-refractivity contribution in [3.8, 4) is 0 Å². The first-order valence-electron chi connectivity index (χ1n) is 3.49. The van der Waals surface area contributed by atoms with Gasteiger partial charge in [0.05, 0.1) is 6.04 Å². The highest BCUT2D eigenvalue weighted by Crippen LogP contribution is 2.20. The van der Waals surface area contributed by atoms with Gasteiger partial charge in [0.25, 0.3) is 0 Å². The van der Waals surface area contributed by atoms with Crippen LogP contribution in [0.5, 0.6) is 0 Å². The molecule has 0 aromatic heterocycles. The zero-order chi connectivity index (χ0) is 9.14. The number of benzene rings is 1. The lowest BCUT2D eigenvalue weighted by Crippen LogP contribution is -2.14. The van der Waals surface area contributed by atoms with Crippen molar-refractivity contribution < 1.29 is 9.60 Å². The molecule has 0 spiro atoms. The molecule has 0 amide bonds. The first-order valence-corrected chi connectivity index (χ1v) is 4.29. The smallest absolute Gasteiger partial charge is 0.129 e. The standard InChI is InChI=1S/C8H9BrFNO/c1-5(11-12)7-3-2-6(9)4-8(7)10/h2-5,11-12H,1H3. The molecule has 0 aliphatic heterocycles. The van der Waals surface area contributed by atoms with Gasteiger partial charge in [0.15, 0.2) is 0 Å². The van der Waals surface area contributed by atoms with Crippen LogP contribution in [0.3, 0.4) is 0 Å². The van der Waals surface area contributed by atoms with Crippen molar-refractivity contribution in [1.29, 1.82) is 0 Å². The highest BCUT2D eigenvalue weighted by atomic mass is 79.9. The minimum Gasteiger partial charge on any atom is -0.316 e. The van der Waals surface area contributed by atoms with Crippen LogP contribution < -0.4 is 5.48 Å². The summed E-state index contributed by atoms with van der Waals surface area (Å²) in [7, 11) is 0. The molecule has 1 aromatic carbocycles. The van der Waals surface area contributed by atoms with Gasteiger partial charge in [-0.1, -0.05) is 22.0 Å². The van der Waals surface area contributed by atoms with Crippen LogP contribution in [0.1, 0.15) is 18.5 Å². The van der Waals surface area contributed by atoms with Crippen LogP contribution >= 0.6 is 15.9 Å². The quantitative estimate of drug-likeness (QED) is 0.771. The predicted octanol–water partition coefficient (Wildman–Crippen LogP) is 2.63. The molecule has 0 saturated heterocycles. The summed E-state index contributed by atoms with van der Waals surface area (Å²) in [4.78, 5) is 0. The lowest BCUT2D eigenvalue weighted by molar-refractivity contribution is 0.132. The Kier molecular flexibility index (Phi) is 3.20. The van der Waals surface area contributed by atoms with Crippen molar-refractivity contribution in [2.24, 2.45) is 0 Å². The van der Waals surface area contributed by atoms with Crippen LogP contribution in [0.4, 0.5) is 4.39 Å². The van der Waals surface area contributed by atoms with Crippen LogP contribution in [0.25, 0.3) is 0 Å². The second-order valence-corrected chi connectivity index (χ2v) is 3.43. The minimum absolute atomic E-state index is 0.335. The summed E-state index contributed by atoms with van der Waals surface area (Å²) < 4.78 is 13.8. The number of hydrogen-bond acceptors (Lipinski definition) is 2. The largest absolute Gasteiger partial charge is 0.316 e. The third-order valence-electron chi connectivity index (χ3n) is 1.62. The SMILES string of the molecule is CC(NO)c1ccc(Br)cc1F. The number of rotatable bonds is 2. The van der Waals surface area contributed by atoms with Crippen LogP contribution in [0.2, 0.25) is 0 Å². The van der Waals surface area contributed by atoms with Crippen molar-refractivity contribution in [2.45, 2.75) is 13.0 Å². The van der Waals surface area contributed by atoms with Crippen LogP contribution in [-0.4, -0.2) is 5.21 Å². The zero-order valence-electron chi connectivity index (χ0n) is 6.51. The number of nitrogens with one attached hydrogen (secondary N) is 1. The third-order valence-corrected chi connectivity index (χ3v) is 2.12. The zero-order valence-corrected chi connectivity index (χ0v) is 8.10. The molecule has 66 valence electrons. The van der Waals surface area contributed by atoms with Gasteiger partial charge >= 0.3 is 0 Å². The Morgan fingerprint density at radius 1 is 1.58 bits per heavy atom. The molecule has 0 aliphatic rings. The fourth-order valence-corrected chi connectivity index (χ4v) is 1.26. The van der Waals surface area contributed by atoms with E-state index in [1.54, 1.807) is 19.1 Å².